The molecule has 0 aromatic carbocycles. The molecule has 2 aromatic heterocycles. The predicted octanol–water partition coefficient (Wildman–Crippen LogP) is 4.70. The third-order valence-corrected chi connectivity index (χ3v) is 4.90. The third-order valence-electron chi connectivity index (χ3n) is 2.84. The summed E-state index contributed by atoms with van der Waals surface area (Å²) >= 11 is 8.33. The Kier molecular flexibility index (Phi) is 8.23. The van der Waals surface area contributed by atoms with Crippen LogP contribution < -0.4 is 5.32 Å². The van der Waals surface area contributed by atoms with Crippen molar-refractivity contribution in [3.8, 4) is 0 Å². The van der Waals surface area contributed by atoms with Gasteiger partial charge in [-0.3, -0.25) is 4.99 Å². The topological polar surface area (TPSA) is 40.5 Å². The van der Waals surface area contributed by atoms with Gasteiger partial charge in [0, 0.05) is 24.4 Å². The number of hydrogen-bond donors (Lipinski definition) is 1. The highest BCUT2D eigenvalue weighted by Gasteiger charge is 2.33. The molecule has 0 atom stereocenters. The molecule has 0 saturated carbocycles. The van der Waals surface area contributed by atoms with Gasteiger partial charge in [0.05, 0.1) is 17.4 Å². The maximum absolute atomic E-state index is 12.5. The first-order chi connectivity index (χ1) is 10.8. The minimum Gasteiger partial charge on any atom is -0.350 e. The van der Waals surface area contributed by atoms with Crippen LogP contribution in [0.2, 0.25) is 4.34 Å². The molecule has 2 heterocycles. The average Bonchev–Trinajstić information content (AvgIpc) is 3.08. The van der Waals surface area contributed by atoms with Gasteiger partial charge in [0.2, 0.25) is 0 Å². The summed E-state index contributed by atoms with van der Waals surface area (Å²) in [6.45, 7) is 0.783. The Labute approximate surface area is 167 Å². The molecular formula is C13H15ClF3IN4S2. The van der Waals surface area contributed by atoms with Crippen molar-refractivity contribution in [3.63, 3.8) is 0 Å². The largest absolute Gasteiger partial charge is 0.434 e. The van der Waals surface area contributed by atoms with E-state index in [2.05, 4.69) is 15.3 Å². The van der Waals surface area contributed by atoms with Gasteiger partial charge in [0.1, 0.15) is 5.01 Å². The molecule has 0 fully saturated rings. The second kappa shape index (κ2) is 9.20. The van der Waals surface area contributed by atoms with Gasteiger partial charge in [-0.05, 0) is 12.1 Å². The number of hydrogen-bond acceptors (Lipinski definition) is 4. The summed E-state index contributed by atoms with van der Waals surface area (Å²) in [5.74, 6) is 0.568. The van der Waals surface area contributed by atoms with Gasteiger partial charge >= 0.3 is 6.18 Å². The molecule has 0 aliphatic rings. The number of nitrogens with zero attached hydrogens (tertiary/aromatic N) is 3. The van der Waals surface area contributed by atoms with Crippen molar-refractivity contribution in [2.75, 3.05) is 14.1 Å². The maximum atomic E-state index is 12.5. The number of nitrogens with one attached hydrogen (secondary N) is 1. The molecule has 0 bridgehead atoms. The minimum atomic E-state index is -4.41. The molecule has 0 aliphatic carbocycles. The number of halogens is 5. The highest BCUT2D eigenvalue weighted by Crippen LogP contribution is 2.30. The fourth-order valence-corrected chi connectivity index (χ4v) is 3.69. The van der Waals surface area contributed by atoms with E-state index in [1.165, 1.54) is 11.3 Å². The van der Waals surface area contributed by atoms with Crippen molar-refractivity contribution in [2.24, 2.45) is 4.99 Å². The number of alkyl halides is 3. The lowest BCUT2D eigenvalue weighted by Crippen LogP contribution is -2.37. The summed E-state index contributed by atoms with van der Waals surface area (Å²) in [4.78, 5) is 10.6. The first-order valence-corrected chi connectivity index (χ1v) is 8.54. The van der Waals surface area contributed by atoms with Gasteiger partial charge in [0.15, 0.2) is 11.7 Å². The molecule has 0 saturated heterocycles. The molecule has 24 heavy (non-hydrogen) atoms. The third kappa shape index (κ3) is 6.05. The second-order valence-electron chi connectivity index (χ2n) is 4.59. The lowest BCUT2D eigenvalue weighted by molar-refractivity contribution is -0.140. The first kappa shape index (κ1) is 21.5. The van der Waals surface area contributed by atoms with E-state index in [0.29, 0.717) is 21.8 Å². The summed E-state index contributed by atoms with van der Waals surface area (Å²) in [6, 6.07) is 3.74. The van der Waals surface area contributed by atoms with Crippen molar-refractivity contribution < 1.29 is 13.2 Å². The molecule has 0 unspecified atom stereocenters. The van der Waals surface area contributed by atoms with Crippen molar-refractivity contribution in [3.05, 3.63) is 37.4 Å². The molecule has 2 rings (SSSR count). The van der Waals surface area contributed by atoms with E-state index in [1.807, 2.05) is 24.1 Å². The van der Waals surface area contributed by atoms with Gasteiger partial charge in [0.25, 0.3) is 0 Å². The summed E-state index contributed by atoms with van der Waals surface area (Å²) in [7, 11) is 3.45. The van der Waals surface area contributed by atoms with Crippen LogP contribution in [0.4, 0.5) is 13.2 Å². The summed E-state index contributed by atoms with van der Waals surface area (Å²) in [5, 5.41) is 4.37. The number of thiophene rings is 1. The highest BCUT2D eigenvalue weighted by molar-refractivity contribution is 14.0. The van der Waals surface area contributed by atoms with Crippen LogP contribution in [0.5, 0.6) is 0 Å². The van der Waals surface area contributed by atoms with Gasteiger partial charge in [-0.15, -0.1) is 46.7 Å². The number of aliphatic imine (C=N–C) groups is 1. The molecule has 11 heteroatoms. The Bertz CT molecular complexity index is 687. The Balaban J connectivity index is 0.00000288. The van der Waals surface area contributed by atoms with E-state index in [-0.39, 0.29) is 30.5 Å². The van der Waals surface area contributed by atoms with E-state index < -0.39 is 11.9 Å². The SMILES string of the molecule is CN=C(NCc1nc(C(F)(F)F)cs1)N(C)Cc1ccc(Cl)s1.I. The second-order valence-corrected chi connectivity index (χ2v) is 7.33. The van der Waals surface area contributed by atoms with E-state index in [0.717, 1.165) is 21.6 Å². The zero-order chi connectivity index (χ0) is 17.0. The standard InChI is InChI=1S/C13H14ClF3N4S2.HI/c1-18-12(21(2)6-8-3-4-10(14)23-8)19-5-11-20-9(7-22-11)13(15,16)17;/h3-4,7H,5-6H2,1-2H3,(H,18,19);1H. The van der Waals surface area contributed by atoms with Gasteiger partial charge < -0.3 is 10.2 Å². The van der Waals surface area contributed by atoms with Crippen LogP contribution in [0.25, 0.3) is 0 Å². The van der Waals surface area contributed by atoms with E-state index >= 15 is 0 Å². The lowest BCUT2D eigenvalue weighted by Gasteiger charge is -2.21. The Hall–Kier alpha value is -0.590. The van der Waals surface area contributed by atoms with Crippen molar-refractivity contribution >= 4 is 64.2 Å². The zero-order valence-corrected chi connectivity index (χ0v) is 17.4. The first-order valence-electron chi connectivity index (χ1n) is 6.47. The fraction of sp³-hybridized carbons (Fsp3) is 0.385. The summed E-state index contributed by atoms with van der Waals surface area (Å²) in [5.41, 5.74) is -0.865. The highest BCUT2D eigenvalue weighted by atomic mass is 127. The molecule has 0 aliphatic heterocycles. The normalized spacial score (nSPS) is 12.0. The minimum absolute atomic E-state index is 0. The lowest BCUT2D eigenvalue weighted by atomic mass is 10.4. The van der Waals surface area contributed by atoms with Crippen LogP contribution in [0.3, 0.4) is 0 Å². The van der Waals surface area contributed by atoms with Crippen molar-refractivity contribution in [1.82, 2.24) is 15.2 Å². The van der Waals surface area contributed by atoms with Crippen LogP contribution in [-0.4, -0.2) is 29.9 Å². The quantitative estimate of drug-likeness (QED) is 0.368. The molecule has 0 amide bonds. The van der Waals surface area contributed by atoms with Crippen LogP contribution in [0.1, 0.15) is 15.6 Å². The number of guanidine groups is 1. The summed E-state index contributed by atoms with van der Waals surface area (Å²) < 4.78 is 38.3. The van der Waals surface area contributed by atoms with Crippen molar-refractivity contribution in [1.29, 1.82) is 0 Å². The Morgan fingerprint density at radius 3 is 2.62 bits per heavy atom. The molecule has 0 radical (unpaired) electrons. The smallest absolute Gasteiger partial charge is 0.350 e. The molecule has 4 nitrogen and oxygen atoms in total. The van der Waals surface area contributed by atoms with Gasteiger partial charge in [-0.25, -0.2) is 4.98 Å². The molecule has 134 valence electrons. The van der Waals surface area contributed by atoms with Crippen LogP contribution in [-0.2, 0) is 19.3 Å². The van der Waals surface area contributed by atoms with E-state index in [1.54, 1.807) is 7.05 Å². The Morgan fingerprint density at radius 1 is 1.42 bits per heavy atom. The molecule has 1 N–H and O–H groups in total. The van der Waals surface area contributed by atoms with Crippen LogP contribution in [0.15, 0.2) is 22.5 Å². The maximum Gasteiger partial charge on any atom is 0.434 e. The number of aromatic nitrogens is 1. The van der Waals surface area contributed by atoms with Gasteiger partial charge in [-0.1, -0.05) is 11.6 Å². The van der Waals surface area contributed by atoms with Crippen molar-refractivity contribution in [2.45, 2.75) is 19.3 Å². The molecule has 0 spiro atoms. The number of rotatable bonds is 4. The van der Waals surface area contributed by atoms with Gasteiger partial charge in [-0.2, -0.15) is 13.2 Å². The Morgan fingerprint density at radius 2 is 2.12 bits per heavy atom. The van der Waals surface area contributed by atoms with E-state index in [4.69, 9.17) is 11.6 Å². The van der Waals surface area contributed by atoms with E-state index in [9.17, 15) is 13.2 Å². The fourth-order valence-electron chi connectivity index (χ4n) is 1.81. The number of thiazole rings is 1. The van der Waals surface area contributed by atoms with Crippen LogP contribution >= 0.6 is 58.3 Å². The molecule has 2 aromatic rings. The van der Waals surface area contributed by atoms with Crippen LogP contribution in [0, 0.1) is 0 Å². The molecular weight excluding hydrogens is 496 g/mol. The zero-order valence-electron chi connectivity index (χ0n) is 12.7. The summed E-state index contributed by atoms with van der Waals surface area (Å²) in [6.07, 6.45) is -4.41. The monoisotopic (exact) mass is 510 g/mol. The average molecular weight is 511 g/mol. The predicted molar refractivity (Wildman–Crippen MR) is 104 cm³/mol.